The number of carbonyl (C=O) groups is 5. The molecule has 1 aliphatic heterocycles. The maximum absolute atomic E-state index is 14.1. The summed E-state index contributed by atoms with van der Waals surface area (Å²) in [6, 6.07) is 3.70. The quantitative estimate of drug-likeness (QED) is 0.290. The van der Waals surface area contributed by atoms with E-state index in [1.54, 1.807) is 19.9 Å². The van der Waals surface area contributed by atoms with Crippen molar-refractivity contribution in [2.45, 2.75) is 58.9 Å². The van der Waals surface area contributed by atoms with Gasteiger partial charge in [0.2, 0.25) is 17.7 Å². The first-order chi connectivity index (χ1) is 16.6. The number of imide groups is 1. The summed E-state index contributed by atoms with van der Waals surface area (Å²) >= 11 is 0. The van der Waals surface area contributed by atoms with Crippen LogP contribution in [-0.2, 0) is 30.4 Å². The number of anilines is 1. The van der Waals surface area contributed by atoms with E-state index in [4.69, 9.17) is 0 Å². The van der Waals surface area contributed by atoms with Gasteiger partial charge in [0.25, 0.3) is 11.8 Å². The molecule has 0 fully saturated rings. The average Bonchev–Trinajstić information content (AvgIpc) is 3.13. The van der Waals surface area contributed by atoms with Crippen LogP contribution in [0.3, 0.4) is 0 Å². The van der Waals surface area contributed by atoms with E-state index in [-0.39, 0.29) is 42.3 Å². The molecular formula is C25H33FN4O5. The SMILES string of the molecule is CCc1ccc(NC(=O)CNC(=O)C(NC(=O)CCCCCN2C(=O)C=CC2=O)C(C)C)c(F)c1. The highest BCUT2D eigenvalue weighted by Gasteiger charge is 2.25. The third-order valence-electron chi connectivity index (χ3n) is 5.59. The van der Waals surface area contributed by atoms with Crippen molar-refractivity contribution in [2.75, 3.05) is 18.4 Å². The Morgan fingerprint density at radius 2 is 1.69 bits per heavy atom. The first kappa shape index (κ1) is 27.7. The van der Waals surface area contributed by atoms with Crippen molar-refractivity contribution in [3.63, 3.8) is 0 Å². The van der Waals surface area contributed by atoms with Crippen LogP contribution in [0.5, 0.6) is 0 Å². The summed E-state index contributed by atoms with van der Waals surface area (Å²) < 4.78 is 14.1. The maximum Gasteiger partial charge on any atom is 0.253 e. The molecule has 1 aromatic carbocycles. The number of aryl methyl sites for hydroxylation is 1. The summed E-state index contributed by atoms with van der Waals surface area (Å²) in [6.07, 6.45) is 5.08. The molecule has 2 rings (SSSR count). The molecule has 0 aliphatic carbocycles. The molecule has 1 atom stereocenters. The van der Waals surface area contributed by atoms with Gasteiger partial charge in [0, 0.05) is 25.1 Å². The maximum atomic E-state index is 14.1. The van der Waals surface area contributed by atoms with Gasteiger partial charge in [-0.05, 0) is 42.9 Å². The van der Waals surface area contributed by atoms with Crippen LogP contribution in [0.1, 0.15) is 52.0 Å². The van der Waals surface area contributed by atoms with E-state index in [0.29, 0.717) is 32.2 Å². The van der Waals surface area contributed by atoms with Gasteiger partial charge >= 0.3 is 0 Å². The van der Waals surface area contributed by atoms with Gasteiger partial charge in [-0.25, -0.2) is 4.39 Å². The number of nitrogens with zero attached hydrogens (tertiary/aromatic N) is 1. The molecule has 0 saturated heterocycles. The monoisotopic (exact) mass is 488 g/mol. The molecule has 0 spiro atoms. The molecule has 0 radical (unpaired) electrons. The molecule has 1 unspecified atom stereocenters. The van der Waals surface area contributed by atoms with Crippen molar-refractivity contribution in [2.24, 2.45) is 5.92 Å². The van der Waals surface area contributed by atoms with E-state index in [9.17, 15) is 28.4 Å². The predicted octanol–water partition coefficient (Wildman–Crippen LogP) is 2.07. The normalized spacial score (nSPS) is 13.8. The summed E-state index contributed by atoms with van der Waals surface area (Å²) in [5.74, 6) is -2.83. The van der Waals surface area contributed by atoms with Crippen molar-refractivity contribution >= 4 is 35.2 Å². The zero-order chi connectivity index (χ0) is 26.0. The molecule has 0 saturated carbocycles. The first-order valence-corrected chi connectivity index (χ1v) is 11.8. The number of amides is 5. The molecule has 3 N–H and O–H groups in total. The van der Waals surface area contributed by atoms with Crippen LogP contribution in [0, 0.1) is 11.7 Å². The van der Waals surface area contributed by atoms with E-state index in [0.717, 1.165) is 10.5 Å². The minimum Gasteiger partial charge on any atom is -0.345 e. The second-order valence-corrected chi connectivity index (χ2v) is 8.70. The number of hydrogen-bond acceptors (Lipinski definition) is 5. The molecule has 190 valence electrons. The Morgan fingerprint density at radius 1 is 1.00 bits per heavy atom. The van der Waals surface area contributed by atoms with Crippen LogP contribution in [0.2, 0.25) is 0 Å². The predicted molar refractivity (Wildman–Crippen MR) is 129 cm³/mol. The van der Waals surface area contributed by atoms with Gasteiger partial charge in [0.15, 0.2) is 0 Å². The lowest BCUT2D eigenvalue weighted by Crippen LogP contribution is -2.51. The molecule has 0 bridgehead atoms. The minimum absolute atomic E-state index is 0.0323. The summed E-state index contributed by atoms with van der Waals surface area (Å²) in [7, 11) is 0. The lowest BCUT2D eigenvalue weighted by molar-refractivity contribution is -0.137. The van der Waals surface area contributed by atoms with Gasteiger partial charge in [0.05, 0.1) is 12.2 Å². The number of benzene rings is 1. The third-order valence-corrected chi connectivity index (χ3v) is 5.59. The Bertz CT molecular complexity index is 974. The molecule has 1 heterocycles. The molecular weight excluding hydrogens is 455 g/mol. The van der Waals surface area contributed by atoms with Gasteiger partial charge in [-0.3, -0.25) is 28.9 Å². The minimum atomic E-state index is -0.832. The summed E-state index contributed by atoms with van der Waals surface area (Å²) in [5, 5.41) is 7.60. The molecule has 1 aliphatic rings. The summed E-state index contributed by atoms with van der Waals surface area (Å²) in [4.78, 5) is 61.2. The van der Waals surface area contributed by atoms with E-state index in [1.165, 1.54) is 24.3 Å². The highest BCUT2D eigenvalue weighted by molar-refractivity contribution is 6.12. The summed E-state index contributed by atoms with van der Waals surface area (Å²) in [5.41, 5.74) is 0.836. The first-order valence-electron chi connectivity index (χ1n) is 11.8. The third kappa shape index (κ3) is 8.62. The van der Waals surface area contributed by atoms with E-state index >= 15 is 0 Å². The molecule has 5 amide bonds. The number of unbranched alkanes of at least 4 members (excludes halogenated alkanes) is 2. The van der Waals surface area contributed by atoms with Crippen molar-refractivity contribution in [1.29, 1.82) is 0 Å². The van der Waals surface area contributed by atoms with E-state index in [1.807, 2.05) is 6.92 Å². The summed E-state index contributed by atoms with van der Waals surface area (Å²) in [6.45, 7) is 5.38. The van der Waals surface area contributed by atoms with Gasteiger partial charge in [0.1, 0.15) is 11.9 Å². The van der Waals surface area contributed by atoms with E-state index < -0.39 is 23.7 Å². The second kappa shape index (κ2) is 13.4. The number of nitrogens with one attached hydrogen (secondary N) is 3. The Labute approximate surface area is 204 Å². The molecule has 10 heteroatoms. The zero-order valence-electron chi connectivity index (χ0n) is 20.4. The van der Waals surface area contributed by atoms with Crippen molar-refractivity contribution in [1.82, 2.24) is 15.5 Å². The average molecular weight is 489 g/mol. The van der Waals surface area contributed by atoms with Crippen LogP contribution < -0.4 is 16.0 Å². The van der Waals surface area contributed by atoms with Crippen molar-refractivity contribution in [3.8, 4) is 0 Å². The fourth-order valence-corrected chi connectivity index (χ4v) is 3.52. The number of hydrogen-bond donors (Lipinski definition) is 3. The van der Waals surface area contributed by atoms with Crippen LogP contribution in [0.4, 0.5) is 10.1 Å². The fraction of sp³-hybridized carbons (Fsp3) is 0.480. The Balaban J connectivity index is 1.72. The zero-order valence-corrected chi connectivity index (χ0v) is 20.4. The van der Waals surface area contributed by atoms with Crippen molar-refractivity contribution in [3.05, 3.63) is 41.7 Å². The van der Waals surface area contributed by atoms with Crippen LogP contribution >= 0.6 is 0 Å². The number of halogens is 1. The standard InChI is InChI=1S/C25H33FN4O5/c1-4-17-9-10-19(18(26)14-17)28-21(32)15-27-25(35)24(16(2)3)29-20(31)8-6-5-7-13-30-22(33)11-12-23(30)34/h9-12,14,16,24H,4-8,13,15H2,1-3H3,(H,27,35)(H,28,32)(H,29,31). The molecule has 35 heavy (non-hydrogen) atoms. The van der Waals surface area contributed by atoms with Crippen LogP contribution in [0.25, 0.3) is 0 Å². The lowest BCUT2D eigenvalue weighted by Gasteiger charge is -2.21. The second-order valence-electron chi connectivity index (χ2n) is 8.70. The number of carbonyl (C=O) groups excluding carboxylic acids is 5. The topological polar surface area (TPSA) is 125 Å². The molecule has 1 aromatic rings. The van der Waals surface area contributed by atoms with Crippen LogP contribution in [-0.4, -0.2) is 53.6 Å². The van der Waals surface area contributed by atoms with Gasteiger partial charge in [-0.1, -0.05) is 33.3 Å². The Hall–Kier alpha value is -3.56. The smallest absolute Gasteiger partial charge is 0.253 e. The van der Waals surface area contributed by atoms with Gasteiger partial charge in [-0.15, -0.1) is 0 Å². The van der Waals surface area contributed by atoms with Crippen LogP contribution in [0.15, 0.2) is 30.4 Å². The van der Waals surface area contributed by atoms with Gasteiger partial charge < -0.3 is 16.0 Å². The Morgan fingerprint density at radius 3 is 2.29 bits per heavy atom. The highest BCUT2D eigenvalue weighted by Crippen LogP contribution is 2.16. The van der Waals surface area contributed by atoms with Crippen molar-refractivity contribution < 1.29 is 28.4 Å². The number of rotatable bonds is 13. The fourth-order valence-electron chi connectivity index (χ4n) is 3.52. The molecule has 9 nitrogen and oxygen atoms in total. The molecule has 0 aromatic heterocycles. The Kier molecular flexibility index (Phi) is 10.6. The highest BCUT2D eigenvalue weighted by atomic mass is 19.1. The van der Waals surface area contributed by atoms with Gasteiger partial charge in [-0.2, -0.15) is 0 Å². The van der Waals surface area contributed by atoms with E-state index in [2.05, 4.69) is 16.0 Å². The lowest BCUT2D eigenvalue weighted by atomic mass is 10.0. The largest absolute Gasteiger partial charge is 0.345 e.